The molecule has 4 nitrogen and oxygen atoms in total. The van der Waals surface area contributed by atoms with Crippen LogP contribution in [0.25, 0.3) is 0 Å². The van der Waals surface area contributed by atoms with Crippen LogP contribution in [0, 0.1) is 6.92 Å². The van der Waals surface area contributed by atoms with Crippen molar-refractivity contribution in [3.8, 4) is 5.75 Å². The molecule has 0 aromatic heterocycles. The molecule has 0 spiro atoms. The van der Waals surface area contributed by atoms with Crippen molar-refractivity contribution in [3.05, 3.63) is 59.7 Å². The summed E-state index contributed by atoms with van der Waals surface area (Å²) in [5.74, 6) is 1.13. The Morgan fingerprint density at radius 1 is 1.13 bits per heavy atom. The van der Waals surface area contributed by atoms with Gasteiger partial charge in [0.15, 0.2) is 6.73 Å². The van der Waals surface area contributed by atoms with E-state index in [4.69, 9.17) is 4.74 Å². The number of anilines is 1. The Labute approximate surface area is 137 Å². The van der Waals surface area contributed by atoms with E-state index in [-0.39, 0.29) is 12.8 Å². The number of hydrogen-bond acceptors (Lipinski definition) is 2. The van der Waals surface area contributed by atoms with Crippen molar-refractivity contribution in [2.45, 2.75) is 33.1 Å². The Kier molecular flexibility index (Phi) is 6.03. The first-order valence-corrected chi connectivity index (χ1v) is 7.93. The highest BCUT2D eigenvalue weighted by Gasteiger charge is 2.10. The molecule has 2 aromatic rings. The summed E-state index contributed by atoms with van der Waals surface area (Å²) in [6.07, 6.45) is 1.02. The Bertz CT molecular complexity index is 638. The maximum atomic E-state index is 12.0. The van der Waals surface area contributed by atoms with Gasteiger partial charge in [-0.2, -0.15) is 0 Å². The van der Waals surface area contributed by atoms with Crippen LogP contribution in [0.2, 0.25) is 0 Å². The molecule has 0 bridgehead atoms. The first-order chi connectivity index (χ1) is 11.1. The number of ether oxygens (including phenoxy) is 1. The van der Waals surface area contributed by atoms with Crippen LogP contribution in [0.5, 0.6) is 5.75 Å². The number of carbonyl (C=O) groups excluding carboxylic acids is 1. The van der Waals surface area contributed by atoms with Gasteiger partial charge in [-0.05, 0) is 43.0 Å². The van der Waals surface area contributed by atoms with Crippen LogP contribution >= 0.6 is 0 Å². The fourth-order valence-corrected chi connectivity index (χ4v) is 2.25. The number of aryl methyl sites for hydroxylation is 1. The lowest BCUT2D eigenvalue weighted by Gasteiger charge is -2.16. The van der Waals surface area contributed by atoms with E-state index in [9.17, 15) is 4.79 Å². The molecule has 1 atom stereocenters. The molecule has 0 fully saturated rings. The van der Waals surface area contributed by atoms with Gasteiger partial charge >= 0.3 is 6.03 Å². The van der Waals surface area contributed by atoms with E-state index in [0.717, 1.165) is 23.4 Å². The van der Waals surface area contributed by atoms with Gasteiger partial charge in [-0.25, -0.2) is 4.79 Å². The predicted octanol–water partition coefficient (Wildman–Crippen LogP) is 4.67. The summed E-state index contributed by atoms with van der Waals surface area (Å²) >= 11 is 0. The van der Waals surface area contributed by atoms with E-state index in [2.05, 4.69) is 24.5 Å². The van der Waals surface area contributed by atoms with Crippen LogP contribution in [0.15, 0.2) is 48.5 Å². The maximum Gasteiger partial charge on any atom is 0.321 e. The second-order valence-electron chi connectivity index (χ2n) is 5.63. The topological polar surface area (TPSA) is 50.4 Å². The van der Waals surface area contributed by atoms with Crippen molar-refractivity contribution >= 4 is 11.7 Å². The van der Waals surface area contributed by atoms with Gasteiger partial charge < -0.3 is 15.4 Å². The summed E-state index contributed by atoms with van der Waals surface area (Å²) in [4.78, 5) is 12.0. The van der Waals surface area contributed by atoms with Crippen LogP contribution in [-0.2, 0) is 0 Å². The zero-order chi connectivity index (χ0) is 16.7. The van der Waals surface area contributed by atoms with Gasteiger partial charge in [0.1, 0.15) is 5.75 Å². The second-order valence-corrected chi connectivity index (χ2v) is 5.63. The number of benzene rings is 2. The smallest absolute Gasteiger partial charge is 0.321 e. The fourth-order valence-electron chi connectivity index (χ4n) is 2.25. The molecule has 23 heavy (non-hydrogen) atoms. The minimum Gasteiger partial charge on any atom is -0.473 e. The molecule has 0 radical (unpaired) electrons. The van der Waals surface area contributed by atoms with Crippen LogP contribution in [-0.4, -0.2) is 12.8 Å². The number of carbonyl (C=O) groups is 1. The van der Waals surface area contributed by atoms with Crippen molar-refractivity contribution in [1.82, 2.24) is 5.32 Å². The normalized spacial score (nSPS) is 11.6. The monoisotopic (exact) mass is 312 g/mol. The average Bonchev–Trinajstić information content (AvgIpc) is 2.56. The van der Waals surface area contributed by atoms with E-state index >= 15 is 0 Å². The van der Waals surface area contributed by atoms with E-state index in [1.54, 1.807) is 0 Å². The molecule has 0 saturated carbocycles. The summed E-state index contributed by atoms with van der Waals surface area (Å²) < 4.78 is 5.50. The Hall–Kier alpha value is -2.49. The number of amides is 2. The molecule has 0 heterocycles. The fraction of sp³-hybridized carbons (Fsp3) is 0.316. The zero-order valence-electron chi connectivity index (χ0n) is 13.9. The zero-order valence-corrected chi connectivity index (χ0v) is 13.9. The van der Waals surface area contributed by atoms with Crippen molar-refractivity contribution in [1.29, 1.82) is 0 Å². The number of nitrogens with one attached hydrogen (secondary N) is 2. The van der Waals surface area contributed by atoms with E-state index < -0.39 is 0 Å². The van der Waals surface area contributed by atoms with Crippen molar-refractivity contribution in [2.75, 3.05) is 12.0 Å². The van der Waals surface area contributed by atoms with Gasteiger partial charge in [-0.15, -0.1) is 0 Å². The van der Waals surface area contributed by atoms with Crippen molar-refractivity contribution in [3.63, 3.8) is 0 Å². The molecule has 2 N–H and O–H groups in total. The third kappa shape index (κ3) is 5.02. The quantitative estimate of drug-likeness (QED) is 0.762. The van der Waals surface area contributed by atoms with E-state index in [1.807, 2.05) is 55.5 Å². The predicted molar refractivity (Wildman–Crippen MR) is 94.0 cm³/mol. The van der Waals surface area contributed by atoms with Gasteiger partial charge in [0.2, 0.25) is 0 Å². The Morgan fingerprint density at radius 2 is 1.83 bits per heavy atom. The largest absolute Gasteiger partial charge is 0.473 e. The average molecular weight is 312 g/mol. The summed E-state index contributed by atoms with van der Waals surface area (Å²) in [5.41, 5.74) is 3.16. The first-order valence-electron chi connectivity index (χ1n) is 7.93. The molecule has 0 aliphatic heterocycles. The summed E-state index contributed by atoms with van der Waals surface area (Å²) in [6, 6.07) is 15.3. The summed E-state index contributed by atoms with van der Waals surface area (Å²) in [5, 5.41) is 5.60. The first kappa shape index (κ1) is 16.9. The SMILES string of the molecule is CCC(C)c1ccccc1NC(=O)NCOc1ccc(C)cc1. The molecule has 2 amide bonds. The molecule has 1 unspecified atom stereocenters. The summed E-state index contributed by atoms with van der Waals surface area (Å²) in [6.45, 7) is 6.43. The van der Waals surface area contributed by atoms with Crippen molar-refractivity contribution < 1.29 is 9.53 Å². The van der Waals surface area contributed by atoms with Gasteiger partial charge in [0.25, 0.3) is 0 Å². The third-order valence-electron chi connectivity index (χ3n) is 3.84. The Morgan fingerprint density at radius 3 is 2.52 bits per heavy atom. The van der Waals surface area contributed by atoms with Crippen LogP contribution in [0.1, 0.15) is 37.3 Å². The Balaban J connectivity index is 1.86. The molecule has 0 aliphatic rings. The van der Waals surface area contributed by atoms with Crippen molar-refractivity contribution in [2.24, 2.45) is 0 Å². The highest BCUT2D eigenvalue weighted by atomic mass is 16.5. The second kappa shape index (κ2) is 8.22. The number of urea groups is 1. The molecule has 0 aliphatic carbocycles. The molecule has 0 saturated heterocycles. The van der Waals surface area contributed by atoms with E-state index in [0.29, 0.717) is 5.92 Å². The van der Waals surface area contributed by atoms with Gasteiger partial charge in [0, 0.05) is 5.69 Å². The lowest BCUT2D eigenvalue weighted by atomic mass is 9.97. The molecule has 2 rings (SSSR count). The number of para-hydroxylation sites is 1. The number of hydrogen-bond donors (Lipinski definition) is 2. The van der Waals surface area contributed by atoms with E-state index in [1.165, 1.54) is 5.56 Å². The van der Waals surface area contributed by atoms with Crippen LogP contribution in [0.3, 0.4) is 0 Å². The third-order valence-corrected chi connectivity index (χ3v) is 3.84. The van der Waals surface area contributed by atoms with Crippen LogP contribution < -0.4 is 15.4 Å². The summed E-state index contributed by atoms with van der Waals surface area (Å²) in [7, 11) is 0. The highest BCUT2D eigenvalue weighted by Crippen LogP contribution is 2.26. The minimum absolute atomic E-state index is 0.125. The molecule has 2 aromatic carbocycles. The minimum atomic E-state index is -0.270. The van der Waals surface area contributed by atoms with Gasteiger partial charge in [0.05, 0.1) is 0 Å². The molecule has 4 heteroatoms. The number of rotatable bonds is 6. The lowest BCUT2D eigenvalue weighted by Crippen LogP contribution is -2.32. The molecular weight excluding hydrogens is 288 g/mol. The molecular formula is C19H24N2O2. The van der Waals surface area contributed by atoms with Crippen LogP contribution in [0.4, 0.5) is 10.5 Å². The molecule has 122 valence electrons. The lowest BCUT2D eigenvalue weighted by molar-refractivity contribution is 0.234. The van der Waals surface area contributed by atoms with Gasteiger partial charge in [-0.1, -0.05) is 49.7 Å². The highest BCUT2D eigenvalue weighted by molar-refractivity contribution is 5.90. The maximum absolute atomic E-state index is 12.0. The standard InChI is InChI=1S/C19H24N2O2/c1-4-15(3)17-7-5-6-8-18(17)21-19(22)20-13-23-16-11-9-14(2)10-12-16/h5-12,15H,4,13H2,1-3H3,(H2,20,21,22). The van der Waals surface area contributed by atoms with Gasteiger partial charge in [-0.3, -0.25) is 0 Å².